The predicted octanol–water partition coefficient (Wildman–Crippen LogP) is -2.01. The molecule has 486 valence electrons. The van der Waals surface area contributed by atoms with Crippen LogP contribution in [0.1, 0.15) is 114 Å². The molecule has 0 spiro atoms. The summed E-state index contributed by atoms with van der Waals surface area (Å²) in [6, 6.07) is 0. The first-order valence-electron chi connectivity index (χ1n) is 30.0. The van der Waals surface area contributed by atoms with Crippen molar-refractivity contribution in [3.8, 4) is 0 Å². The molecule has 4 saturated carbocycles. The highest BCUT2D eigenvalue weighted by Gasteiger charge is 2.75. The summed E-state index contributed by atoms with van der Waals surface area (Å²) in [7, 11) is 0. The summed E-state index contributed by atoms with van der Waals surface area (Å²) in [5, 5.41) is 168. The fraction of sp³-hybridized carbons (Fsp3) is 0.898. The Bertz CT molecular complexity index is 2460. The van der Waals surface area contributed by atoms with Gasteiger partial charge in [0.1, 0.15) is 91.6 Å². The molecule has 9 rings (SSSR count). The minimum absolute atomic E-state index is 0.121. The van der Waals surface area contributed by atoms with Crippen LogP contribution in [0.5, 0.6) is 0 Å². The number of hydrogen-bond acceptors (Lipinski definition) is 25. The van der Waals surface area contributed by atoms with Gasteiger partial charge in [0, 0.05) is 11.0 Å². The molecule has 0 aromatic carbocycles. The second-order valence-corrected chi connectivity index (χ2v) is 27.9. The highest BCUT2D eigenvalue weighted by atomic mass is 16.8. The topological polar surface area (TPSA) is 421 Å². The van der Waals surface area contributed by atoms with Crippen molar-refractivity contribution in [3.05, 3.63) is 23.3 Å². The highest BCUT2D eigenvalue weighted by Crippen LogP contribution is 2.76. The van der Waals surface area contributed by atoms with Crippen molar-refractivity contribution >= 4 is 11.9 Å². The van der Waals surface area contributed by atoms with E-state index in [0.717, 1.165) is 5.57 Å². The van der Waals surface area contributed by atoms with E-state index >= 15 is 0 Å². The van der Waals surface area contributed by atoms with Crippen LogP contribution >= 0.6 is 0 Å². The van der Waals surface area contributed by atoms with Gasteiger partial charge in [-0.25, -0.2) is 9.59 Å². The van der Waals surface area contributed by atoms with Gasteiger partial charge in [-0.2, -0.15) is 0 Å². The van der Waals surface area contributed by atoms with E-state index in [-0.39, 0.29) is 18.3 Å². The molecule has 31 atom stereocenters. The van der Waals surface area contributed by atoms with Gasteiger partial charge in [0.25, 0.3) is 0 Å². The number of carbonyl (C=O) groups is 2. The lowest BCUT2D eigenvalue weighted by Crippen LogP contribution is -2.74. The number of aliphatic carboxylic acids is 1. The molecule has 85 heavy (non-hydrogen) atoms. The van der Waals surface area contributed by atoms with Crippen molar-refractivity contribution in [2.75, 3.05) is 19.8 Å². The molecule has 9 aliphatic rings. The van der Waals surface area contributed by atoms with E-state index in [0.29, 0.717) is 44.1 Å². The first-order valence-corrected chi connectivity index (χ1v) is 30.0. The van der Waals surface area contributed by atoms with Gasteiger partial charge in [0.05, 0.1) is 49.7 Å². The number of aliphatic hydroxyl groups is 14. The number of hydrogen-bond donors (Lipinski definition) is 15. The average molecular weight is 1220 g/mol. The summed E-state index contributed by atoms with van der Waals surface area (Å²) in [5.74, 6) is -3.04. The Morgan fingerprint density at radius 3 is 1.79 bits per heavy atom. The number of carboxylic acid groups (broad SMARTS) is 1. The molecule has 0 unspecified atom stereocenters. The third kappa shape index (κ3) is 10.8. The maximum atomic E-state index is 13.5. The van der Waals surface area contributed by atoms with E-state index in [1.807, 2.05) is 20.8 Å². The lowest BCUT2D eigenvalue weighted by molar-refractivity contribution is -0.401. The zero-order valence-electron chi connectivity index (χ0n) is 50.0. The number of carbonyl (C=O) groups excluding carboxylic acids is 1. The van der Waals surface area contributed by atoms with Crippen LogP contribution in [0.4, 0.5) is 0 Å². The summed E-state index contributed by atoms with van der Waals surface area (Å²) in [4.78, 5) is 26.6. The second kappa shape index (κ2) is 24.3. The Morgan fingerprint density at radius 1 is 0.612 bits per heavy atom. The molecule has 4 heterocycles. The molecule has 0 bridgehead atoms. The van der Waals surface area contributed by atoms with Crippen LogP contribution in [0, 0.1) is 50.2 Å². The van der Waals surface area contributed by atoms with Crippen molar-refractivity contribution < 1.29 is 129 Å². The van der Waals surface area contributed by atoms with Crippen molar-refractivity contribution in [1.82, 2.24) is 0 Å². The molecule has 0 aromatic rings. The number of allylic oxidation sites excluding steroid dienone is 2. The molecular formula is C59H94O26. The largest absolute Gasteiger partial charge is 0.479 e. The Kier molecular flexibility index (Phi) is 19.1. The van der Waals surface area contributed by atoms with E-state index in [2.05, 4.69) is 33.8 Å². The first kappa shape index (κ1) is 66.9. The van der Waals surface area contributed by atoms with Crippen LogP contribution in [0.15, 0.2) is 23.3 Å². The molecular weight excluding hydrogens is 1120 g/mol. The SMILES string of the molecule is CC=C(C)C(=O)O[C@H]1CC(C)(C)C[C@H]2C3=CC[C@@H]4[C@@]5(C)CC[C@H](O[C@@H]6O[C@H](C(=O)O)[C@@H](O)[C@H](O[C@@H]7O[C@H](CO)[C@H](O[C@@H]8O[C@@H](C)[C@H](O)[C@@H](O)[C@H]8O)[C@H](O)[C@H]7O)[C@H]6O[C@@H]6O[C@H](CO)[C@@H](O)[C@H](O)[C@H]6O)C(C)(C)[C@@H]5CC[C@@]4(C)[C@]3(C)[C@@H](O)[C@@H](O)[C@@]12CO. The highest BCUT2D eigenvalue weighted by molar-refractivity contribution is 5.87. The summed E-state index contributed by atoms with van der Waals surface area (Å²) in [6.07, 6.45) is -34.9. The quantitative estimate of drug-likeness (QED) is 0.0387. The van der Waals surface area contributed by atoms with Gasteiger partial charge >= 0.3 is 11.9 Å². The summed E-state index contributed by atoms with van der Waals surface area (Å²) >= 11 is 0. The first-order chi connectivity index (χ1) is 39.7. The van der Waals surface area contributed by atoms with Crippen LogP contribution in [0.2, 0.25) is 0 Å². The Hall–Kier alpha value is -2.46. The third-order valence-corrected chi connectivity index (χ3v) is 22.6. The molecule has 26 heteroatoms. The Balaban J connectivity index is 1.02. The molecule has 4 saturated heterocycles. The van der Waals surface area contributed by atoms with Crippen LogP contribution in [-0.2, 0) is 52.2 Å². The number of carboxylic acids is 1. The van der Waals surface area contributed by atoms with Gasteiger partial charge in [-0.15, -0.1) is 0 Å². The van der Waals surface area contributed by atoms with Gasteiger partial charge in [0.15, 0.2) is 31.3 Å². The van der Waals surface area contributed by atoms with Gasteiger partial charge in [-0.3, -0.25) is 0 Å². The normalized spacial score (nSPS) is 52.4. The molecule has 26 nitrogen and oxygen atoms in total. The number of aliphatic hydroxyl groups excluding tert-OH is 14. The van der Waals surface area contributed by atoms with E-state index < -0.39 is 217 Å². The monoisotopic (exact) mass is 1220 g/mol. The van der Waals surface area contributed by atoms with Gasteiger partial charge in [-0.05, 0) is 105 Å². The number of esters is 1. The Labute approximate surface area is 494 Å². The zero-order chi connectivity index (χ0) is 62.7. The Morgan fingerprint density at radius 2 is 1.19 bits per heavy atom. The minimum atomic E-state index is -2.26. The third-order valence-electron chi connectivity index (χ3n) is 22.6. The smallest absolute Gasteiger partial charge is 0.335 e. The van der Waals surface area contributed by atoms with Crippen molar-refractivity contribution in [2.45, 2.75) is 261 Å². The summed E-state index contributed by atoms with van der Waals surface area (Å²) in [5.41, 5.74) is -3.53. The maximum absolute atomic E-state index is 13.5. The lowest BCUT2D eigenvalue weighted by atomic mass is 9.32. The molecule has 0 aromatic heterocycles. The van der Waals surface area contributed by atoms with Gasteiger partial charge < -0.3 is 119 Å². The van der Waals surface area contributed by atoms with E-state index in [4.69, 9.17) is 42.6 Å². The van der Waals surface area contributed by atoms with Gasteiger partial charge in [0.2, 0.25) is 0 Å². The van der Waals surface area contributed by atoms with Gasteiger partial charge in [-0.1, -0.05) is 66.2 Å². The molecule has 0 radical (unpaired) electrons. The van der Waals surface area contributed by atoms with Crippen LogP contribution in [0.3, 0.4) is 0 Å². The van der Waals surface area contributed by atoms with E-state index in [1.54, 1.807) is 19.9 Å². The summed E-state index contributed by atoms with van der Waals surface area (Å²) < 4.78 is 54.7. The van der Waals surface area contributed by atoms with Crippen molar-refractivity contribution in [3.63, 3.8) is 0 Å². The standard InChI is InChI=1S/C59H94O26/c1-11-23(2)49(76)80-32-19-54(4,5)18-26-25-12-13-30-56(8)16-15-31(55(6,7)29(56)14-17-57(30,9)58(25,10)46(72)47(73)59(26,32)22-62)81-53-45(85-51-39(69)36(66)34(64)27(20-60)78-51)43(41(71)44(84-53)48(74)75)83-52-40(70)37(67)42(28(21-61)79-52)82-50-38(68)35(65)33(63)24(3)77-50/h11-12,24,26-47,50-53,60-73H,13-22H2,1-10H3,(H,74,75)/t24-,26-,27+,28+,29-,30+,31-,32-,33-,34+,35+,36-,37+,38+,39+,40+,41-,42-,43-,44-,45+,46-,47+,50-,51-,52-,53+,56-,57+,58-,59+/m0/s1. The lowest BCUT2D eigenvalue weighted by Gasteiger charge is -2.73. The van der Waals surface area contributed by atoms with Crippen LogP contribution in [-0.4, -0.2) is 256 Å². The van der Waals surface area contributed by atoms with E-state index in [1.165, 1.54) is 6.92 Å². The van der Waals surface area contributed by atoms with Crippen LogP contribution < -0.4 is 0 Å². The molecule has 4 aliphatic heterocycles. The minimum Gasteiger partial charge on any atom is -0.479 e. The zero-order valence-corrected chi connectivity index (χ0v) is 50.0. The fourth-order valence-electron chi connectivity index (χ4n) is 17.4. The molecule has 15 N–H and O–H groups in total. The average Bonchev–Trinajstić information content (AvgIpc) is 0.673. The van der Waals surface area contributed by atoms with Crippen molar-refractivity contribution in [2.24, 2.45) is 50.2 Å². The van der Waals surface area contributed by atoms with Crippen molar-refractivity contribution in [1.29, 1.82) is 0 Å². The molecule has 5 aliphatic carbocycles. The van der Waals surface area contributed by atoms with Crippen LogP contribution in [0.25, 0.3) is 0 Å². The molecule has 8 fully saturated rings. The number of ether oxygens (including phenoxy) is 9. The molecule has 0 amide bonds. The van der Waals surface area contributed by atoms with E-state index in [9.17, 15) is 86.2 Å². The number of fused-ring (bicyclic) bond motifs is 7. The summed E-state index contributed by atoms with van der Waals surface area (Å²) in [6.45, 7) is 16.9. The maximum Gasteiger partial charge on any atom is 0.335 e. The fourth-order valence-corrected chi connectivity index (χ4v) is 17.4. The number of rotatable bonds is 14. The second-order valence-electron chi connectivity index (χ2n) is 27.9. The predicted molar refractivity (Wildman–Crippen MR) is 289 cm³/mol.